The van der Waals surface area contributed by atoms with Crippen LogP contribution in [-0.2, 0) is 6.42 Å². The number of thiazole rings is 1. The molecule has 0 spiro atoms. The van der Waals surface area contributed by atoms with E-state index in [1.165, 1.54) is 0 Å². The number of nitrogen functional groups attached to an aromatic ring is 1. The van der Waals surface area contributed by atoms with Crippen molar-refractivity contribution in [3.05, 3.63) is 44.4 Å². The lowest BCUT2D eigenvalue weighted by molar-refractivity contribution is -0.383. The number of nitro benzene ring substituents is 1. The van der Waals surface area contributed by atoms with E-state index in [1.807, 2.05) is 12.3 Å². The number of hydrazine groups is 1. The van der Waals surface area contributed by atoms with E-state index in [-0.39, 0.29) is 11.4 Å². The number of aryl methyl sites for hydroxylation is 1. The normalized spacial score (nSPS) is 10.3. The number of para-hydroxylation sites is 1. The lowest BCUT2D eigenvalue weighted by Gasteiger charge is -2.09. The summed E-state index contributed by atoms with van der Waals surface area (Å²) in [5.74, 6) is 5.29. The molecule has 0 aliphatic carbocycles. The Morgan fingerprint density at radius 3 is 2.80 bits per heavy atom. The maximum absolute atomic E-state index is 11.1. The predicted octanol–water partition coefficient (Wildman–Crippen LogP) is 2.30. The van der Waals surface area contributed by atoms with Gasteiger partial charge in [0.2, 0.25) is 0 Å². The second-order valence-electron chi connectivity index (χ2n) is 4.16. The third kappa shape index (κ3) is 3.22. The first kappa shape index (κ1) is 14.2. The van der Waals surface area contributed by atoms with E-state index in [2.05, 4.69) is 15.7 Å². The molecular weight excluding hydrogens is 278 g/mol. The van der Waals surface area contributed by atoms with Gasteiger partial charge in [0.25, 0.3) is 0 Å². The van der Waals surface area contributed by atoms with Crippen molar-refractivity contribution in [1.82, 2.24) is 4.98 Å². The van der Waals surface area contributed by atoms with Gasteiger partial charge in [-0.15, -0.1) is 11.3 Å². The van der Waals surface area contributed by atoms with E-state index in [0.717, 1.165) is 17.1 Å². The van der Waals surface area contributed by atoms with Gasteiger partial charge in [-0.1, -0.05) is 6.07 Å². The average Bonchev–Trinajstić information content (AvgIpc) is 2.83. The van der Waals surface area contributed by atoms with Crippen molar-refractivity contribution in [1.29, 1.82) is 0 Å². The average molecular weight is 293 g/mol. The Hall–Kier alpha value is -2.19. The molecule has 20 heavy (non-hydrogen) atoms. The van der Waals surface area contributed by atoms with Crippen LogP contribution < -0.4 is 16.6 Å². The highest BCUT2D eigenvalue weighted by molar-refractivity contribution is 7.09. The molecule has 0 aliphatic rings. The number of anilines is 2. The fourth-order valence-corrected chi connectivity index (χ4v) is 2.60. The fourth-order valence-electron chi connectivity index (χ4n) is 1.82. The molecule has 0 atom stereocenters. The van der Waals surface area contributed by atoms with Gasteiger partial charge in [-0.3, -0.25) is 16.0 Å². The van der Waals surface area contributed by atoms with Crippen molar-refractivity contribution in [2.75, 3.05) is 17.3 Å². The van der Waals surface area contributed by atoms with E-state index in [4.69, 9.17) is 5.84 Å². The van der Waals surface area contributed by atoms with Crippen LogP contribution in [-0.4, -0.2) is 16.5 Å². The molecule has 0 fully saturated rings. The molecule has 0 bridgehead atoms. The van der Waals surface area contributed by atoms with Crippen LogP contribution in [0, 0.1) is 17.0 Å². The molecule has 106 valence electrons. The van der Waals surface area contributed by atoms with Gasteiger partial charge in [0.05, 0.1) is 9.93 Å². The minimum absolute atomic E-state index is 0.0506. The van der Waals surface area contributed by atoms with Crippen LogP contribution in [0.1, 0.15) is 10.7 Å². The highest BCUT2D eigenvalue weighted by atomic mass is 32.1. The monoisotopic (exact) mass is 293 g/mol. The first-order valence-electron chi connectivity index (χ1n) is 6.00. The number of nitrogens with one attached hydrogen (secondary N) is 2. The summed E-state index contributed by atoms with van der Waals surface area (Å²) in [6.07, 6.45) is 0.718. The van der Waals surface area contributed by atoms with E-state index < -0.39 is 4.92 Å². The molecule has 0 saturated carbocycles. The highest BCUT2D eigenvalue weighted by Crippen LogP contribution is 2.32. The topological polar surface area (TPSA) is 106 Å². The highest BCUT2D eigenvalue weighted by Gasteiger charge is 2.18. The minimum atomic E-state index is -0.453. The van der Waals surface area contributed by atoms with Crippen LogP contribution >= 0.6 is 11.3 Å². The molecule has 0 radical (unpaired) electrons. The van der Waals surface area contributed by atoms with Gasteiger partial charge >= 0.3 is 5.69 Å². The summed E-state index contributed by atoms with van der Waals surface area (Å²) in [5, 5.41) is 17.1. The summed E-state index contributed by atoms with van der Waals surface area (Å²) in [4.78, 5) is 15.0. The molecule has 0 unspecified atom stereocenters. The number of hydrogen-bond donors (Lipinski definition) is 3. The Bertz CT molecular complexity index is 614. The van der Waals surface area contributed by atoms with E-state index in [0.29, 0.717) is 12.2 Å². The summed E-state index contributed by atoms with van der Waals surface area (Å²) in [5.41, 5.74) is 4.00. The number of hydrogen-bond acceptors (Lipinski definition) is 7. The van der Waals surface area contributed by atoms with Gasteiger partial charge in [-0.2, -0.15) is 0 Å². The fraction of sp³-hybridized carbons (Fsp3) is 0.250. The zero-order valence-electron chi connectivity index (χ0n) is 10.9. The lowest BCUT2D eigenvalue weighted by Crippen LogP contribution is -2.12. The quantitative estimate of drug-likeness (QED) is 0.428. The number of benzene rings is 1. The van der Waals surface area contributed by atoms with E-state index in [9.17, 15) is 10.1 Å². The Kier molecular flexibility index (Phi) is 4.49. The summed E-state index contributed by atoms with van der Waals surface area (Å²) >= 11 is 1.59. The molecule has 2 aromatic rings. The third-order valence-corrected chi connectivity index (χ3v) is 3.72. The van der Waals surface area contributed by atoms with Crippen LogP contribution in [0.4, 0.5) is 17.1 Å². The molecule has 4 N–H and O–H groups in total. The van der Waals surface area contributed by atoms with Crippen LogP contribution in [0.15, 0.2) is 23.6 Å². The van der Waals surface area contributed by atoms with Crippen molar-refractivity contribution in [2.45, 2.75) is 13.3 Å². The van der Waals surface area contributed by atoms with Crippen LogP contribution in [0.5, 0.6) is 0 Å². The molecule has 7 nitrogen and oxygen atoms in total. The zero-order chi connectivity index (χ0) is 14.5. The first-order chi connectivity index (χ1) is 9.61. The second kappa shape index (κ2) is 6.31. The summed E-state index contributed by atoms with van der Waals surface area (Å²) in [6, 6.07) is 4.93. The van der Waals surface area contributed by atoms with Gasteiger partial charge in [0.1, 0.15) is 11.4 Å². The molecule has 1 heterocycles. The van der Waals surface area contributed by atoms with Gasteiger partial charge < -0.3 is 10.7 Å². The zero-order valence-corrected chi connectivity index (χ0v) is 11.7. The minimum Gasteiger partial charge on any atom is -0.379 e. The Morgan fingerprint density at radius 2 is 2.20 bits per heavy atom. The molecular formula is C12H15N5O2S. The van der Waals surface area contributed by atoms with Gasteiger partial charge in [-0.05, 0) is 19.1 Å². The predicted molar refractivity (Wildman–Crippen MR) is 80.0 cm³/mol. The van der Waals surface area contributed by atoms with Crippen molar-refractivity contribution in [3.63, 3.8) is 0 Å². The lowest BCUT2D eigenvalue weighted by atomic mass is 10.2. The number of nitro groups is 1. The van der Waals surface area contributed by atoms with Crippen molar-refractivity contribution in [2.24, 2.45) is 5.84 Å². The second-order valence-corrected chi connectivity index (χ2v) is 5.11. The number of aromatic nitrogens is 1. The summed E-state index contributed by atoms with van der Waals surface area (Å²) in [7, 11) is 0. The first-order valence-corrected chi connectivity index (χ1v) is 6.88. The van der Waals surface area contributed by atoms with Crippen LogP contribution in [0.25, 0.3) is 0 Å². The van der Waals surface area contributed by atoms with Crippen molar-refractivity contribution >= 4 is 28.4 Å². The Balaban J connectivity index is 2.07. The number of rotatable bonds is 6. The van der Waals surface area contributed by atoms with E-state index in [1.54, 1.807) is 29.5 Å². The molecule has 8 heteroatoms. The smallest absolute Gasteiger partial charge is 0.316 e. The summed E-state index contributed by atoms with van der Waals surface area (Å²) in [6.45, 7) is 2.51. The van der Waals surface area contributed by atoms with Gasteiger partial charge in [-0.25, -0.2) is 4.98 Å². The molecule has 1 aromatic carbocycles. The van der Waals surface area contributed by atoms with Crippen LogP contribution in [0.2, 0.25) is 0 Å². The van der Waals surface area contributed by atoms with Gasteiger partial charge in [0.15, 0.2) is 0 Å². The SMILES string of the molecule is Cc1csc(CCNc2cccc(NN)c2[N+](=O)[O-])n1. The maximum Gasteiger partial charge on any atom is 0.316 e. The largest absolute Gasteiger partial charge is 0.379 e. The third-order valence-electron chi connectivity index (χ3n) is 2.69. The number of nitrogens with zero attached hydrogens (tertiary/aromatic N) is 2. The molecule has 1 aromatic heterocycles. The molecule has 0 amide bonds. The molecule has 0 saturated heterocycles. The maximum atomic E-state index is 11.1. The van der Waals surface area contributed by atoms with Crippen molar-refractivity contribution < 1.29 is 4.92 Å². The van der Waals surface area contributed by atoms with Gasteiger partial charge in [0, 0.05) is 24.0 Å². The molecule has 2 rings (SSSR count). The number of nitrogens with two attached hydrogens (primary N) is 1. The van der Waals surface area contributed by atoms with Crippen molar-refractivity contribution in [3.8, 4) is 0 Å². The molecule has 0 aliphatic heterocycles. The summed E-state index contributed by atoms with van der Waals surface area (Å²) < 4.78 is 0. The van der Waals surface area contributed by atoms with Crippen LogP contribution in [0.3, 0.4) is 0 Å². The standard InChI is InChI=1S/C12H15N5O2S/c1-8-7-20-11(15-8)5-6-14-9-3-2-4-10(16-13)12(9)17(18)19/h2-4,7,14,16H,5-6,13H2,1H3. The Labute approximate surface area is 120 Å². The Morgan fingerprint density at radius 1 is 1.45 bits per heavy atom. The van der Waals surface area contributed by atoms with E-state index >= 15 is 0 Å².